The Bertz CT molecular complexity index is 655. The molecule has 1 aromatic carbocycles. The lowest BCUT2D eigenvalue weighted by atomic mass is 9.65. The topological polar surface area (TPSA) is 123 Å². The van der Waals surface area contributed by atoms with E-state index in [1.165, 1.54) is 0 Å². The van der Waals surface area contributed by atoms with Crippen LogP contribution in [0.1, 0.15) is 12.0 Å². The monoisotopic (exact) mass is 337 g/mol. The number of β-lactam (4-membered cyclic amide) rings is 1. The fourth-order valence-corrected chi connectivity index (χ4v) is 3.81. The first-order chi connectivity index (χ1) is 11.4. The molecule has 4 N–H and O–H groups in total. The van der Waals surface area contributed by atoms with E-state index in [-0.39, 0.29) is 18.9 Å². The maximum Gasteiger partial charge on any atom is 0.249 e. The lowest BCUT2D eigenvalue weighted by molar-refractivity contribution is -0.307. The van der Waals surface area contributed by atoms with Crippen molar-refractivity contribution >= 4 is 5.91 Å². The van der Waals surface area contributed by atoms with Crippen LogP contribution in [-0.4, -0.2) is 73.6 Å². The van der Waals surface area contributed by atoms with Crippen molar-refractivity contribution in [3.63, 3.8) is 0 Å². The maximum atomic E-state index is 12.0. The van der Waals surface area contributed by atoms with E-state index in [0.29, 0.717) is 0 Å². The fraction of sp³-hybridized carbons (Fsp3) is 0.562. The average Bonchev–Trinajstić information content (AvgIpc) is 3.39. The van der Waals surface area contributed by atoms with Crippen LogP contribution in [0.2, 0.25) is 0 Å². The Hall–Kier alpha value is -1.55. The summed E-state index contributed by atoms with van der Waals surface area (Å²) in [6, 6.07) is 9.22. The van der Waals surface area contributed by atoms with Gasteiger partial charge in [-0.1, -0.05) is 30.3 Å². The standard InChI is InChI=1S/C16H19NO7/c18-8-16(22)12(21)11(20)15(13-14(16)24-13)6-10(19)17(15)23-7-9-4-2-1-3-5-9/h1-5,11-14,18,20-22H,6-8H2/t11-,12+,13+,14-,15+,16-/m1/s1. The van der Waals surface area contributed by atoms with Gasteiger partial charge in [-0.2, -0.15) is 0 Å². The van der Waals surface area contributed by atoms with E-state index in [4.69, 9.17) is 9.57 Å². The van der Waals surface area contributed by atoms with Crippen LogP contribution >= 0.6 is 0 Å². The summed E-state index contributed by atoms with van der Waals surface area (Å²) >= 11 is 0. The van der Waals surface area contributed by atoms with E-state index >= 15 is 0 Å². The number of hydroxylamine groups is 2. The minimum Gasteiger partial charge on any atom is -0.393 e. The third-order valence-corrected chi connectivity index (χ3v) is 5.30. The minimum absolute atomic E-state index is 0.0529. The number of aliphatic hydroxyl groups excluding tert-OH is 3. The van der Waals surface area contributed by atoms with E-state index in [1.807, 2.05) is 30.3 Å². The van der Waals surface area contributed by atoms with Gasteiger partial charge in [-0.25, -0.2) is 5.06 Å². The summed E-state index contributed by atoms with van der Waals surface area (Å²) in [5.41, 5.74) is -2.34. The first-order valence-electron chi connectivity index (χ1n) is 7.80. The molecule has 0 unspecified atom stereocenters. The highest BCUT2D eigenvalue weighted by Crippen LogP contribution is 2.56. The first kappa shape index (κ1) is 15.9. The van der Waals surface area contributed by atoms with Gasteiger partial charge in [-0.3, -0.25) is 9.63 Å². The SMILES string of the molecule is O=C1C[C@@]2([C@H](O)[C@H](O)[C@](O)(CO)[C@@H]3O[C@@H]32)N1OCc1ccccc1. The number of nitrogens with zero attached hydrogens (tertiary/aromatic N) is 1. The molecule has 0 aromatic heterocycles. The summed E-state index contributed by atoms with van der Waals surface area (Å²) in [5, 5.41) is 41.5. The predicted molar refractivity (Wildman–Crippen MR) is 78.1 cm³/mol. The van der Waals surface area contributed by atoms with Crippen molar-refractivity contribution in [3.8, 4) is 0 Å². The number of aliphatic hydroxyl groups is 4. The number of epoxide rings is 1. The third kappa shape index (κ3) is 1.92. The lowest BCUT2D eigenvalue weighted by Gasteiger charge is -2.56. The van der Waals surface area contributed by atoms with Gasteiger partial charge in [0.05, 0.1) is 13.0 Å². The lowest BCUT2D eigenvalue weighted by Crippen LogP contribution is -2.80. The molecule has 8 nitrogen and oxygen atoms in total. The van der Waals surface area contributed by atoms with Crippen molar-refractivity contribution in [2.24, 2.45) is 0 Å². The number of ether oxygens (including phenoxy) is 1. The van der Waals surface area contributed by atoms with Gasteiger partial charge in [-0.05, 0) is 5.56 Å². The Kier molecular flexibility index (Phi) is 3.47. The molecular formula is C16H19NO7. The summed E-state index contributed by atoms with van der Waals surface area (Å²) < 4.78 is 5.41. The predicted octanol–water partition coefficient (Wildman–Crippen LogP) is -1.68. The van der Waals surface area contributed by atoms with E-state index in [1.54, 1.807) is 0 Å². The number of hydrogen-bond acceptors (Lipinski definition) is 7. The molecule has 1 amide bonds. The molecule has 3 fully saturated rings. The van der Waals surface area contributed by atoms with Crippen molar-refractivity contribution in [3.05, 3.63) is 35.9 Å². The van der Waals surface area contributed by atoms with Crippen molar-refractivity contribution in [2.75, 3.05) is 6.61 Å². The molecule has 2 heterocycles. The molecule has 0 bridgehead atoms. The average molecular weight is 337 g/mol. The molecule has 1 saturated carbocycles. The van der Waals surface area contributed by atoms with Gasteiger partial charge < -0.3 is 25.2 Å². The number of fused-ring (bicyclic) bond motifs is 2. The van der Waals surface area contributed by atoms with Crippen LogP contribution in [0.25, 0.3) is 0 Å². The molecule has 8 heteroatoms. The van der Waals surface area contributed by atoms with Crippen LogP contribution in [0.15, 0.2) is 30.3 Å². The Morgan fingerprint density at radius 2 is 1.92 bits per heavy atom. The molecule has 2 saturated heterocycles. The van der Waals surface area contributed by atoms with E-state index in [0.717, 1.165) is 10.6 Å². The first-order valence-corrected chi connectivity index (χ1v) is 7.80. The van der Waals surface area contributed by atoms with Gasteiger partial charge in [0.2, 0.25) is 5.91 Å². The van der Waals surface area contributed by atoms with Crippen molar-refractivity contribution in [1.29, 1.82) is 0 Å². The second kappa shape index (κ2) is 5.22. The second-order valence-electron chi connectivity index (χ2n) is 6.63. The number of amides is 1. The Morgan fingerprint density at radius 3 is 2.54 bits per heavy atom. The molecule has 1 spiro atoms. The number of carbonyl (C=O) groups is 1. The molecule has 0 radical (unpaired) electrons. The van der Waals surface area contributed by atoms with Crippen LogP contribution in [0, 0.1) is 0 Å². The van der Waals surface area contributed by atoms with Gasteiger partial charge in [0.1, 0.15) is 42.2 Å². The smallest absolute Gasteiger partial charge is 0.249 e. The van der Waals surface area contributed by atoms with E-state index in [2.05, 4.69) is 0 Å². The normalized spacial score (nSPS) is 43.5. The molecule has 24 heavy (non-hydrogen) atoms. The van der Waals surface area contributed by atoms with Gasteiger partial charge in [-0.15, -0.1) is 0 Å². The van der Waals surface area contributed by atoms with Crippen molar-refractivity contribution < 1.29 is 34.8 Å². The minimum atomic E-state index is -1.95. The Labute approximate surface area is 137 Å². The second-order valence-corrected chi connectivity index (χ2v) is 6.63. The maximum absolute atomic E-state index is 12.0. The van der Waals surface area contributed by atoms with Crippen molar-refractivity contribution in [2.45, 2.75) is 48.6 Å². The van der Waals surface area contributed by atoms with Crippen LogP contribution in [0.4, 0.5) is 0 Å². The zero-order valence-corrected chi connectivity index (χ0v) is 12.8. The number of hydrogen-bond donors (Lipinski definition) is 4. The number of carbonyl (C=O) groups excluding carboxylic acids is 1. The van der Waals surface area contributed by atoms with Gasteiger partial charge in [0, 0.05) is 0 Å². The van der Waals surface area contributed by atoms with Crippen LogP contribution in [0.3, 0.4) is 0 Å². The quantitative estimate of drug-likeness (QED) is 0.382. The summed E-state index contributed by atoms with van der Waals surface area (Å²) in [6.07, 6.45) is -4.74. The molecule has 2 aliphatic heterocycles. The summed E-state index contributed by atoms with van der Waals surface area (Å²) in [4.78, 5) is 17.6. The van der Waals surface area contributed by atoms with E-state index < -0.39 is 42.2 Å². The Balaban J connectivity index is 1.56. The fourth-order valence-electron chi connectivity index (χ4n) is 3.81. The van der Waals surface area contributed by atoms with E-state index in [9.17, 15) is 25.2 Å². The molecule has 4 rings (SSSR count). The zero-order valence-electron chi connectivity index (χ0n) is 12.8. The zero-order chi connectivity index (χ0) is 17.1. The number of rotatable bonds is 4. The highest BCUT2D eigenvalue weighted by molar-refractivity contribution is 5.85. The summed E-state index contributed by atoms with van der Waals surface area (Å²) in [6.45, 7) is -0.625. The van der Waals surface area contributed by atoms with Gasteiger partial charge in [0.25, 0.3) is 0 Å². The highest BCUT2D eigenvalue weighted by atomic mass is 16.7. The molecule has 1 aromatic rings. The van der Waals surface area contributed by atoms with Crippen LogP contribution < -0.4 is 0 Å². The van der Waals surface area contributed by atoms with Gasteiger partial charge in [0.15, 0.2) is 0 Å². The molecular weight excluding hydrogens is 318 g/mol. The van der Waals surface area contributed by atoms with Gasteiger partial charge >= 0.3 is 0 Å². The highest BCUT2D eigenvalue weighted by Gasteiger charge is 2.80. The van der Waals surface area contributed by atoms with Crippen LogP contribution in [-0.2, 0) is 21.0 Å². The summed E-state index contributed by atoms with van der Waals surface area (Å²) in [5.74, 6) is -0.333. The van der Waals surface area contributed by atoms with Crippen LogP contribution in [0.5, 0.6) is 0 Å². The molecule has 6 atom stereocenters. The largest absolute Gasteiger partial charge is 0.393 e. The Morgan fingerprint density at radius 1 is 1.21 bits per heavy atom. The summed E-state index contributed by atoms with van der Waals surface area (Å²) in [7, 11) is 0. The van der Waals surface area contributed by atoms with Crippen molar-refractivity contribution in [1.82, 2.24) is 5.06 Å². The molecule has 1 aliphatic carbocycles. The number of benzene rings is 1. The third-order valence-electron chi connectivity index (χ3n) is 5.30. The molecule has 3 aliphatic rings. The molecule has 130 valence electrons.